The number of nitrogens with zero attached hydrogens (tertiary/aromatic N) is 4. The van der Waals surface area contributed by atoms with Crippen LogP contribution in [0.25, 0.3) is 28.5 Å². The van der Waals surface area contributed by atoms with Gasteiger partial charge in [0.15, 0.2) is 5.82 Å². The van der Waals surface area contributed by atoms with Crippen molar-refractivity contribution in [3.8, 4) is 34.5 Å². The second-order valence-electron chi connectivity index (χ2n) is 9.72. The molecular formula is C30H31IrN4-. The monoisotopic (exact) mass is 640 g/mol. The van der Waals surface area contributed by atoms with Gasteiger partial charge in [-0.2, -0.15) is 10.4 Å². The van der Waals surface area contributed by atoms with E-state index in [9.17, 15) is 5.26 Å². The average molecular weight is 640 g/mol. The zero-order valence-electron chi connectivity index (χ0n) is 21.0. The van der Waals surface area contributed by atoms with Crippen LogP contribution in [0.1, 0.15) is 49.9 Å². The van der Waals surface area contributed by atoms with Crippen LogP contribution in [0.5, 0.6) is 0 Å². The summed E-state index contributed by atoms with van der Waals surface area (Å²) in [4.78, 5) is 0. The van der Waals surface area contributed by atoms with Gasteiger partial charge in [-0.15, -0.1) is 41.0 Å². The smallest absolute Gasteiger partial charge is 0.159 e. The molecule has 0 aliphatic rings. The van der Waals surface area contributed by atoms with E-state index in [-0.39, 0.29) is 20.1 Å². The van der Waals surface area contributed by atoms with Gasteiger partial charge in [0.05, 0.1) is 17.5 Å². The maximum Gasteiger partial charge on any atom is 0.159 e. The number of hydrogen-bond donors (Lipinski definition) is 0. The van der Waals surface area contributed by atoms with Gasteiger partial charge in [0.25, 0.3) is 0 Å². The van der Waals surface area contributed by atoms with Crippen molar-refractivity contribution in [2.45, 2.75) is 47.5 Å². The summed E-state index contributed by atoms with van der Waals surface area (Å²) in [7, 11) is 0. The molecule has 0 saturated heterocycles. The molecule has 3 aromatic carbocycles. The maximum absolute atomic E-state index is 9.79. The van der Waals surface area contributed by atoms with E-state index >= 15 is 0 Å². The summed E-state index contributed by atoms with van der Waals surface area (Å²) in [6.45, 7) is 11.0. The summed E-state index contributed by atoms with van der Waals surface area (Å²) in [5.74, 6) is 2.44. The van der Waals surface area contributed by atoms with Crippen molar-refractivity contribution < 1.29 is 20.1 Å². The van der Waals surface area contributed by atoms with Crippen LogP contribution in [0.2, 0.25) is 0 Å². The largest absolute Gasteiger partial charge is 0.316 e. The molecule has 0 atom stereocenters. The molecule has 4 nitrogen and oxygen atoms in total. The average Bonchev–Trinajstić information content (AvgIpc) is 3.23. The fourth-order valence-electron chi connectivity index (χ4n) is 4.50. The Balaban J connectivity index is 0.00000342. The standard InChI is InChI=1S/C30H31N4.Ir/c1-20(2)15-25-17-23(19-31)18-26(16-21(3)4)28(25)34-29(24-12-7-6-8-13-24)32-33-30(34)27-14-10-9-11-22(27)5;/h6-12,14,17-18,20-21H,15-16H2,1-5H3;/q-1;. The molecule has 0 spiro atoms. The molecule has 181 valence electrons. The van der Waals surface area contributed by atoms with Gasteiger partial charge in [0.2, 0.25) is 0 Å². The zero-order valence-corrected chi connectivity index (χ0v) is 23.4. The molecule has 5 heteroatoms. The summed E-state index contributed by atoms with van der Waals surface area (Å²) in [6.07, 6.45) is 1.72. The zero-order chi connectivity index (χ0) is 24.2. The van der Waals surface area contributed by atoms with Crippen molar-refractivity contribution >= 4 is 0 Å². The molecule has 0 bridgehead atoms. The van der Waals surface area contributed by atoms with Crippen LogP contribution in [-0.4, -0.2) is 14.8 Å². The Labute approximate surface area is 222 Å². The number of nitriles is 1. The number of hydrogen-bond acceptors (Lipinski definition) is 3. The number of rotatable bonds is 7. The van der Waals surface area contributed by atoms with Crippen molar-refractivity contribution in [3.63, 3.8) is 0 Å². The van der Waals surface area contributed by atoms with E-state index in [1.165, 1.54) is 0 Å². The molecule has 1 radical (unpaired) electrons. The Kier molecular flexibility index (Phi) is 8.78. The van der Waals surface area contributed by atoms with Crippen molar-refractivity contribution in [1.29, 1.82) is 5.26 Å². The van der Waals surface area contributed by atoms with Gasteiger partial charge in [-0.05, 0) is 60.4 Å². The Morgan fingerprint density at radius 3 is 2.03 bits per heavy atom. The second-order valence-corrected chi connectivity index (χ2v) is 9.72. The molecule has 0 aliphatic carbocycles. The van der Waals surface area contributed by atoms with Gasteiger partial charge in [0.1, 0.15) is 0 Å². The van der Waals surface area contributed by atoms with Crippen molar-refractivity contribution in [2.24, 2.45) is 11.8 Å². The minimum Gasteiger partial charge on any atom is -0.316 e. The van der Waals surface area contributed by atoms with E-state index in [4.69, 9.17) is 5.10 Å². The quantitative estimate of drug-likeness (QED) is 0.205. The minimum absolute atomic E-state index is 0. The first-order valence-electron chi connectivity index (χ1n) is 11.9. The molecule has 0 fully saturated rings. The molecule has 0 aliphatic heterocycles. The summed E-state index contributed by atoms with van der Waals surface area (Å²) in [5, 5.41) is 19.2. The van der Waals surface area contributed by atoms with E-state index in [0.717, 1.165) is 58.0 Å². The van der Waals surface area contributed by atoms with Crippen LogP contribution < -0.4 is 0 Å². The summed E-state index contributed by atoms with van der Waals surface area (Å²) >= 11 is 0. The number of aromatic nitrogens is 3. The Hall–Kier alpha value is -3.06. The molecule has 0 unspecified atom stereocenters. The van der Waals surface area contributed by atoms with Crippen LogP contribution in [0.4, 0.5) is 0 Å². The summed E-state index contributed by atoms with van der Waals surface area (Å²) in [5.41, 5.74) is 7.18. The molecule has 4 rings (SSSR count). The number of benzene rings is 3. The maximum atomic E-state index is 9.79. The third-order valence-electron chi connectivity index (χ3n) is 5.88. The fourth-order valence-corrected chi connectivity index (χ4v) is 4.50. The predicted molar refractivity (Wildman–Crippen MR) is 138 cm³/mol. The van der Waals surface area contributed by atoms with Crippen LogP contribution >= 0.6 is 0 Å². The van der Waals surface area contributed by atoms with Crippen LogP contribution in [-0.2, 0) is 32.9 Å². The Morgan fingerprint density at radius 1 is 0.886 bits per heavy atom. The van der Waals surface area contributed by atoms with Gasteiger partial charge in [0, 0.05) is 31.4 Å². The Bertz CT molecular complexity index is 1300. The van der Waals surface area contributed by atoms with Crippen molar-refractivity contribution in [1.82, 2.24) is 14.8 Å². The molecule has 1 aromatic heterocycles. The third kappa shape index (κ3) is 5.78. The summed E-state index contributed by atoms with van der Waals surface area (Å²) < 4.78 is 2.20. The van der Waals surface area contributed by atoms with Crippen molar-refractivity contribution in [3.05, 3.63) is 89.0 Å². The topological polar surface area (TPSA) is 54.5 Å². The molecule has 0 saturated carbocycles. The first kappa shape index (κ1) is 26.5. The van der Waals surface area contributed by atoms with E-state index in [0.29, 0.717) is 17.4 Å². The molecule has 35 heavy (non-hydrogen) atoms. The molecule has 0 amide bonds. The summed E-state index contributed by atoms with van der Waals surface area (Å²) in [6, 6.07) is 26.0. The molecule has 1 heterocycles. The fraction of sp³-hybridized carbons (Fsp3) is 0.300. The van der Waals surface area contributed by atoms with Gasteiger partial charge in [-0.1, -0.05) is 52.0 Å². The van der Waals surface area contributed by atoms with Gasteiger partial charge >= 0.3 is 0 Å². The first-order valence-corrected chi connectivity index (χ1v) is 11.9. The van der Waals surface area contributed by atoms with Crippen LogP contribution in [0.15, 0.2) is 60.7 Å². The third-order valence-corrected chi connectivity index (χ3v) is 5.88. The van der Waals surface area contributed by atoms with Gasteiger partial charge in [-0.25, -0.2) is 0 Å². The SMILES string of the molecule is Cc1ccccc1-c1nnc(-c2[c-]cccc2)n1-c1c(CC(C)C)cc(C#N)cc1CC(C)C.[Ir]. The first-order chi connectivity index (χ1) is 16.4. The van der Waals surface area contributed by atoms with Crippen molar-refractivity contribution in [2.75, 3.05) is 0 Å². The van der Waals surface area contributed by atoms with E-state index in [1.54, 1.807) is 0 Å². The number of aryl methyl sites for hydroxylation is 1. The van der Waals surface area contributed by atoms with E-state index in [2.05, 4.69) is 68.6 Å². The minimum atomic E-state index is 0. The van der Waals surface area contributed by atoms with Crippen LogP contribution in [0, 0.1) is 36.2 Å². The normalized spacial score (nSPS) is 10.9. The molecule has 0 N–H and O–H groups in total. The molecular weight excluding hydrogens is 609 g/mol. The second kappa shape index (κ2) is 11.6. The van der Waals surface area contributed by atoms with Crippen LogP contribution in [0.3, 0.4) is 0 Å². The Morgan fingerprint density at radius 2 is 1.49 bits per heavy atom. The predicted octanol–water partition coefficient (Wildman–Crippen LogP) is 6.98. The molecule has 4 aromatic rings. The van der Waals surface area contributed by atoms with E-state index in [1.807, 2.05) is 48.5 Å². The van der Waals surface area contributed by atoms with E-state index < -0.39 is 0 Å². The van der Waals surface area contributed by atoms with Gasteiger partial charge < -0.3 is 4.57 Å². The van der Waals surface area contributed by atoms with Gasteiger partial charge in [-0.3, -0.25) is 0 Å².